The molecule has 0 bridgehead atoms. The van der Waals surface area contributed by atoms with Gasteiger partial charge in [-0.15, -0.1) is 0 Å². The van der Waals surface area contributed by atoms with E-state index in [2.05, 4.69) is 52.1 Å². The van der Waals surface area contributed by atoms with Crippen LogP contribution in [-0.2, 0) is 6.42 Å². The van der Waals surface area contributed by atoms with Crippen molar-refractivity contribution in [1.82, 2.24) is 9.55 Å². The smallest absolute Gasteiger partial charge is 0.102 e. The molecule has 2 aromatic carbocycles. The summed E-state index contributed by atoms with van der Waals surface area (Å²) >= 11 is 0. The van der Waals surface area contributed by atoms with E-state index in [0.29, 0.717) is 12.5 Å². The molecule has 5 nitrogen and oxygen atoms in total. The first-order valence-corrected chi connectivity index (χ1v) is 11.1. The fraction of sp³-hybridized carbons (Fsp3) is 0.400. The zero-order valence-electron chi connectivity index (χ0n) is 17.5. The fourth-order valence-corrected chi connectivity index (χ4v) is 4.90. The molecule has 152 valence electrons. The number of nitrogens with zero attached hydrogens (tertiary/aromatic N) is 4. The topological polar surface area (TPSA) is 66.0 Å². The molecule has 0 amide bonds. The van der Waals surface area contributed by atoms with Crippen LogP contribution < -0.4 is 5.32 Å². The Morgan fingerprint density at radius 1 is 1.20 bits per heavy atom. The van der Waals surface area contributed by atoms with Gasteiger partial charge >= 0.3 is 0 Å². The number of fused-ring (bicyclic) bond motifs is 2. The lowest BCUT2D eigenvalue weighted by Gasteiger charge is -2.23. The normalized spacial score (nSPS) is 16.0. The second kappa shape index (κ2) is 7.95. The molecule has 0 atom stereocenters. The van der Waals surface area contributed by atoms with Crippen LogP contribution in [0.4, 0.5) is 11.4 Å². The molecule has 1 aliphatic heterocycles. The number of rotatable bonds is 5. The van der Waals surface area contributed by atoms with Gasteiger partial charge in [-0.1, -0.05) is 32.3 Å². The Morgan fingerprint density at radius 3 is 2.87 bits per heavy atom. The first kappa shape index (κ1) is 18.9. The van der Waals surface area contributed by atoms with E-state index in [0.717, 1.165) is 52.1 Å². The Morgan fingerprint density at radius 2 is 2.07 bits per heavy atom. The van der Waals surface area contributed by atoms with Crippen LogP contribution in [-0.4, -0.2) is 22.3 Å². The van der Waals surface area contributed by atoms with Crippen LogP contribution in [0.1, 0.15) is 62.6 Å². The Balaban J connectivity index is 1.59. The summed E-state index contributed by atoms with van der Waals surface area (Å²) in [5, 5.41) is 13.2. The van der Waals surface area contributed by atoms with E-state index in [1.54, 1.807) is 0 Å². The van der Waals surface area contributed by atoms with E-state index in [1.807, 2.05) is 12.5 Å². The summed E-state index contributed by atoms with van der Waals surface area (Å²) in [5.74, 6) is 0. The van der Waals surface area contributed by atoms with E-state index < -0.39 is 0 Å². The maximum absolute atomic E-state index is 9.75. The Labute approximate surface area is 177 Å². The van der Waals surface area contributed by atoms with Crippen molar-refractivity contribution >= 4 is 28.6 Å². The summed E-state index contributed by atoms with van der Waals surface area (Å²) in [6, 6.07) is 11.6. The molecule has 0 unspecified atom stereocenters. The Bertz CT molecular complexity index is 1160. The second-order valence-corrected chi connectivity index (χ2v) is 8.38. The van der Waals surface area contributed by atoms with Crippen molar-refractivity contribution in [3.63, 3.8) is 0 Å². The van der Waals surface area contributed by atoms with E-state index in [9.17, 15) is 5.26 Å². The van der Waals surface area contributed by atoms with Crippen LogP contribution in [0.3, 0.4) is 0 Å². The highest BCUT2D eigenvalue weighted by atomic mass is 15.1. The summed E-state index contributed by atoms with van der Waals surface area (Å²) in [6.45, 7) is 2.98. The zero-order chi connectivity index (χ0) is 20.5. The van der Waals surface area contributed by atoms with Gasteiger partial charge in [0, 0.05) is 36.3 Å². The lowest BCUT2D eigenvalue weighted by Crippen LogP contribution is -2.11. The Hall–Kier alpha value is -3.13. The second-order valence-electron chi connectivity index (χ2n) is 8.38. The van der Waals surface area contributed by atoms with Crippen molar-refractivity contribution in [3.05, 3.63) is 41.7 Å². The minimum absolute atomic E-state index is 0.572. The van der Waals surface area contributed by atoms with Crippen molar-refractivity contribution in [2.45, 2.75) is 57.9 Å². The molecular formula is C25H27N5. The van der Waals surface area contributed by atoms with Crippen molar-refractivity contribution in [1.29, 1.82) is 5.26 Å². The molecule has 2 heterocycles. The third-order valence-corrected chi connectivity index (χ3v) is 6.45. The lowest BCUT2D eigenvalue weighted by atomic mass is 9.94. The molecule has 0 radical (unpaired) electrons. The number of anilines is 1. The predicted molar refractivity (Wildman–Crippen MR) is 123 cm³/mol. The van der Waals surface area contributed by atoms with Crippen molar-refractivity contribution in [3.8, 4) is 17.2 Å². The number of nitriles is 1. The van der Waals surface area contributed by atoms with E-state index >= 15 is 0 Å². The number of aromatic nitrogens is 2. The van der Waals surface area contributed by atoms with Crippen LogP contribution >= 0.6 is 0 Å². The standard InChI is InChI=1S/C25H27N5/c1-2-11-27-22-14-20(25-19(10-12-28-25)21(22)15-26)17-8-9-24-23(13-17)29-16-30(24)18-6-4-3-5-7-18/h8-9,12-14,16,18,27H,2-7,10-11H2,1H3. The van der Waals surface area contributed by atoms with Crippen LogP contribution in [0.5, 0.6) is 0 Å². The average Bonchev–Trinajstić information content (AvgIpc) is 3.44. The molecule has 0 saturated heterocycles. The molecule has 0 spiro atoms. The molecule has 1 aliphatic carbocycles. The number of aliphatic imine (C=N–C) groups is 1. The van der Waals surface area contributed by atoms with Gasteiger partial charge in [0.05, 0.1) is 34.3 Å². The first-order valence-electron chi connectivity index (χ1n) is 11.1. The number of imidazole rings is 1. The molecule has 3 aromatic rings. The monoisotopic (exact) mass is 397 g/mol. The van der Waals surface area contributed by atoms with Gasteiger partial charge in [0.25, 0.3) is 0 Å². The number of hydrogen-bond acceptors (Lipinski definition) is 4. The first-order chi connectivity index (χ1) is 14.8. The number of benzene rings is 2. The highest BCUT2D eigenvalue weighted by molar-refractivity contribution is 5.94. The van der Waals surface area contributed by atoms with Crippen LogP contribution in [0.25, 0.3) is 22.2 Å². The molecule has 5 rings (SSSR count). The zero-order valence-corrected chi connectivity index (χ0v) is 17.5. The minimum atomic E-state index is 0.572. The van der Waals surface area contributed by atoms with Crippen LogP contribution in [0.15, 0.2) is 35.6 Å². The van der Waals surface area contributed by atoms with Crippen LogP contribution in [0.2, 0.25) is 0 Å². The highest BCUT2D eigenvalue weighted by Crippen LogP contribution is 2.42. The summed E-state index contributed by atoms with van der Waals surface area (Å²) in [4.78, 5) is 9.37. The largest absolute Gasteiger partial charge is 0.384 e. The third kappa shape index (κ3) is 3.17. The highest BCUT2D eigenvalue weighted by Gasteiger charge is 2.22. The lowest BCUT2D eigenvalue weighted by molar-refractivity contribution is 0.359. The van der Waals surface area contributed by atoms with Crippen molar-refractivity contribution in [2.75, 3.05) is 11.9 Å². The third-order valence-electron chi connectivity index (χ3n) is 6.45. The van der Waals surface area contributed by atoms with Crippen molar-refractivity contribution in [2.24, 2.45) is 4.99 Å². The quantitative estimate of drug-likeness (QED) is 0.560. The number of nitrogens with one attached hydrogen (secondary N) is 1. The fourth-order valence-electron chi connectivity index (χ4n) is 4.90. The molecule has 1 aromatic heterocycles. The van der Waals surface area contributed by atoms with E-state index in [-0.39, 0.29) is 0 Å². The van der Waals surface area contributed by atoms with E-state index in [1.165, 1.54) is 37.6 Å². The van der Waals surface area contributed by atoms with Gasteiger partial charge in [-0.25, -0.2) is 4.98 Å². The van der Waals surface area contributed by atoms with Gasteiger partial charge in [-0.2, -0.15) is 5.26 Å². The average molecular weight is 398 g/mol. The molecular weight excluding hydrogens is 370 g/mol. The summed E-state index contributed by atoms with van der Waals surface area (Å²) in [5.41, 5.74) is 8.01. The molecule has 1 fully saturated rings. The predicted octanol–water partition coefficient (Wildman–Crippen LogP) is 6.16. The SMILES string of the molecule is CCCNc1cc(-c2ccc3c(c2)ncn3C2CCCCC2)c2c(c1C#N)CC=N2. The molecule has 5 heteroatoms. The maximum Gasteiger partial charge on any atom is 0.102 e. The minimum Gasteiger partial charge on any atom is -0.384 e. The van der Waals surface area contributed by atoms with Gasteiger partial charge in [0.1, 0.15) is 6.07 Å². The van der Waals surface area contributed by atoms with Crippen molar-refractivity contribution < 1.29 is 0 Å². The Kier molecular flexibility index (Phi) is 5.00. The molecule has 1 saturated carbocycles. The summed E-state index contributed by atoms with van der Waals surface area (Å²) in [7, 11) is 0. The number of hydrogen-bond donors (Lipinski definition) is 1. The summed E-state index contributed by atoms with van der Waals surface area (Å²) in [6.07, 6.45) is 12.1. The van der Waals surface area contributed by atoms with Gasteiger partial charge in [0.2, 0.25) is 0 Å². The van der Waals surface area contributed by atoms with Gasteiger partial charge in [-0.05, 0) is 43.0 Å². The van der Waals surface area contributed by atoms with Gasteiger partial charge in [0.15, 0.2) is 0 Å². The molecule has 1 N–H and O–H groups in total. The molecule has 30 heavy (non-hydrogen) atoms. The van der Waals surface area contributed by atoms with Gasteiger partial charge in [-0.3, -0.25) is 4.99 Å². The summed E-state index contributed by atoms with van der Waals surface area (Å²) < 4.78 is 2.37. The van der Waals surface area contributed by atoms with Gasteiger partial charge < -0.3 is 9.88 Å². The molecule has 2 aliphatic rings. The van der Waals surface area contributed by atoms with E-state index in [4.69, 9.17) is 4.98 Å². The maximum atomic E-state index is 9.75. The van der Waals surface area contributed by atoms with Crippen LogP contribution in [0, 0.1) is 11.3 Å².